The van der Waals surface area contributed by atoms with E-state index in [2.05, 4.69) is 23.2 Å². The first-order valence-corrected chi connectivity index (χ1v) is 7.22. The fourth-order valence-corrected chi connectivity index (χ4v) is 2.46. The molecule has 0 bridgehead atoms. The number of nitrogens with one attached hydrogen (secondary N) is 1. The average Bonchev–Trinajstić information content (AvgIpc) is 2.48. The molecule has 1 aromatic rings. The number of anilines is 1. The second-order valence-electron chi connectivity index (χ2n) is 5.39. The Balaban J connectivity index is 2.04. The Morgan fingerprint density at radius 2 is 2.19 bits per heavy atom. The maximum atomic E-state index is 11.5. The third kappa shape index (κ3) is 4.28. The van der Waals surface area contributed by atoms with E-state index in [4.69, 9.17) is 4.74 Å². The van der Waals surface area contributed by atoms with Crippen LogP contribution < -0.4 is 5.32 Å². The first-order chi connectivity index (χ1) is 10.1. The summed E-state index contributed by atoms with van der Waals surface area (Å²) in [5.41, 5.74) is 1.91. The van der Waals surface area contributed by atoms with Gasteiger partial charge in [0.05, 0.1) is 24.5 Å². The van der Waals surface area contributed by atoms with Gasteiger partial charge in [0.2, 0.25) is 0 Å². The molecule has 2 rings (SSSR count). The molecular formula is C16H21N3O2. The quantitative estimate of drug-likeness (QED) is 0.838. The van der Waals surface area contributed by atoms with Gasteiger partial charge in [-0.3, -0.25) is 9.69 Å². The van der Waals surface area contributed by atoms with Crippen molar-refractivity contribution in [3.8, 4) is 6.07 Å². The number of hydrogen-bond donors (Lipinski definition) is 1. The highest BCUT2D eigenvalue weighted by molar-refractivity contribution is 5.95. The van der Waals surface area contributed by atoms with Gasteiger partial charge in [0.25, 0.3) is 0 Å². The highest BCUT2D eigenvalue weighted by Crippen LogP contribution is 2.19. The summed E-state index contributed by atoms with van der Waals surface area (Å²) in [7, 11) is 0. The molecule has 0 aromatic heterocycles. The van der Waals surface area contributed by atoms with Crippen molar-refractivity contribution < 1.29 is 9.53 Å². The van der Waals surface area contributed by atoms with E-state index in [0.717, 1.165) is 38.5 Å². The highest BCUT2D eigenvalue weighted by atomic mass is 16.5. The zero-order valence-electron chi connectivity index (χ0n) is 12.6. The summed E-state index contributed by atoms with van der Waals surface area (Å²) in [6.07, 6.45) is 0. The molecule has 0 aliphatic carbocycles. The minimum Gasteiger partial charge on any atom is -0.380 e. The molecule has 1 saturated heterocycles. The first-order valence-electron chi connectivity index (χ1n) is 7.22. The van der Waals surface area contributed by atoms with Gasteiger partial charge in [0.15, 0.2) is 5.78 Å². The highest BCUT2D eigenvalue weighted by Gasteiger charge is 2.15. The Bertz CT molecular complexity index is 545. The molecule has 5 heteroatoms. The number of morpholine rings is 1. The van der Waals surface area contributed by atoms with E-state index in [1.54, 1.807) is 18.2 Å². The molecular weight excluding hydrogens is 266 g/mol. The monoisotopic (exact) mass is 287 g/mol. The van der Waals surface area contributed by atoms with Gasteiger partial charge in [0, 0.05) is 31.2 Å². The lowest BCUT2D eigenvalue weighted by Crippen LogP contribution is -2.42. The Hall–Kier alpha value is -1.90. The summed E-state index contributed by atoms with van der Waals surface area (Å²) in [5, 5.41) is 12.5. The molecule has 1 heterocycles. The summed E-state index contributed by atoms with van der Waals surface area (Å²) >= 11 is 0. The van der Waals surface area contributed by atoms with Crippen LogP contribution in [-0.2, 0) is 4.74 Å². The number of nitrogens with zero attached hydrogens (tertiary/aromatic N) is 2. The van der Waals surface area contributed by atoms with Crippen LogP contribution in [0.5, 0.6) is 0 Å². The van der Waals surface area contributed by atoms with E-state index in [9.17, 15) is 10.1 Å². The van der Waals surface area contributed by atoms with Gasteiger partial charge in [-0.15, -0.1) is 0 Å². The summed E-state index contributed by atoms with van der Waals surface area (Å²) < 4.78 is 5.34. The molecule has 0 spiro atoms. The Kier molecular flexibility index (Phi) is 5.32. The fourth-order valence-electron chi connectivity index (χ4n) is 2.46. The van der Waals surface area contributed by atoms with Crippen LogP contribution in [0.15, 0.2) is 18.2 Å². The standard InChI is InChI=1S/C16H21N3O2/c1-12(11-19-5-7-21-8-6-19)18-16-9-14(13(2)20)3-4-15(16)10-17/h3-4,9,12,18H,5-8,11H2,1-2H3. The minimum absolute atomic E-state index is 0.00312. The zero-order chi connectivity index (χ0) is 15.2. The number of ether oxygens (including phenoxy) is 1. The lowest BCUT2D eigenvalue weighted by atomic mass is 10.1. The number of carbonyl (C=O) groups is 1. The van der Waals surface area contributed by atoms with Gasteiger partial charge in [-0.1, -0.05) is 0 Å². The number of carbonyl (C=O) groups excluding carboxylic acids is 1. The minimum atomic E-state index is 0.00312. The molecule has 1 N–H and O–H groups in total. The molecule has 0 amide bonds. The van der Waals surface area contributed by atoms with Crippen LogP contribution in [0.25, 0.3) is 0 Å². The first kappa shape index (κ1) is 15.5. The van der Waals surface area contributed by atoms with Gasteiger partial charge in [-0.2, -0.15) is 5.26 Å². The summed E-state index contributed by atoms with van der Waals surface area (Å²) in [4.78, 5) is 13.8. The van der Waals surface area contributed by atoms with Gasteiger partial charge in [-0.25, -0.2) is 0 Å². The van der Waals surface area contributed by atoms with E-state index in [1.807, 2.05) is 0 Å². The molecule has 5 nitrogen and oxygen atoms in total. The van der Waals surface area contributed by atoms with Crippen LogP contribution in [-0.4, -0.2) is 49.6 Å². The number of hydrogen-bond acceptors (Lipinski definition) is 5. The van der Waals surface area contributed by atoms with E-state index >= 15 is 0 Å². The summed E-state index contributed by atoms with van der Waals surface area (Å²) in [6, 6.07) is 7.50. The van der Waals surface area contributed by atoms with Gasteiger partial charge >= 0.3 is 0 Å². The van der Waals surface area contributed by atoms with Crippen LogP contribution in [0, 0.1) is 11.3 Å². The topological polar surface area (TPSA) is 65.4 Å². The molecule has 0 radical (unpaired) electrons. The Morgan fingerprint density at radius 3 is 2.81 bits per heavy atom. The number of ketones is 1. The molecule has 1 unspecified atom stereocenters. The van der Waals surface area contributed by atoms with Crippen molar-refractivity contribution in [2.75, 3.05) is 38.2 Å². The molecule has 1 fully saturated rings. The van der Waals surface area contributed by atoms with Crippen LogP contribution in [0.3, 0.4) is 0 Å². The predicted octanol–water partition coefficient (Wildman–Crippen LogP) is 1.89. The van der Waals surface area contributed by atoms with Crippen molar-refractivity contribution >= 4 is 11.5 Å². The van der Waals surface area contributed by atoms with Crippen molar-refractivity contribution in [2.45, 2.75) is 19.9 Å². The van der Waals surface area contributed by atoms with Gasteiger partial charge in [-0.05, 0) is 32.0 Å². The van der Waals surface area contributed by atoms with E-state index < -0.39 is 0 Å². The lowest BCUT2D eigenvalue weighted by molar-refractivity contribution is 0.0368. The van der Waals surface area contributed by atoms with Crippen LogP contribution in [0.1, 0.15) is 29.8 Å². The van der Waals surface area contributed by atoms with Crippen LogP contribution in [0.4, 0.5) is 5.69 Å². The summed E-state index contributed by atoms with van der Waals surface area (Å²) in [6.45, 7) is 7.92. The fraction of sp³-hybridized carbons (Fsp3) is 0.500. The predicted molar refractivity (Wildman–Crippen MR) is 81.5 cm³/mol. The third-order valence-electron chi connectivity index (χ3n) is 3.58. The summed E-state index contributed by atoms with van der Waals surface area (Å²) in [5.74, 6) is 0.00312. The Morgan fingerprint density at radius 1 is 1.48 bits per heavy atom. The molecule has 1 atom stereocenters. The van der Waals surface area contributed by atoms with Crippen molar-refractivity contribution in [1.29, 1.82) is 5.26 Å². The smallest absolute Gasteiger partial charge is 0.159 e. The second kappa shape index (κ2) is 7.21. The lowest BCUT2D eigenvalue weighted by Gasteiger charge is -2.29. The molecule has 0 saturated carbocycles. The van der Waals surface area contributed by atoms with Gasteiger partial charge < -0.3 is 10.1 Å². The SMILES string of the molecule is CC(=O)c1ccc(C#N)c(NC(C)CN2CCOCC2)c1. The molecule has 112 valence electrons. The van der Waals surface area contributed by atoms with Gasteiger partial charge in [0.1, 0.15) is 6.07 Å². The van der Waals surface area contributed by atoms with E-state index in [0.29, 0.717) is 11.1 Å². The van der Waals surface area contributed by atoms with Crippen LogP contribution >= 0.6 is 0 Å². The number of rotatable bonds is 5. The number of Topliss-reactive ketones (excluding diaryl/α,β-unsaturated/α-hetero) is 1. The Labute approximate surface area is 125 Å². The normalized spacial score (nSPS) is 17.0. The average molecular weight is 287 g/mol. The molecule has 1 aromatic carbocycles. The third-order valence-corrected chi connectivity index (χ3v) is 3.58. The van der Waals surface area contributed by atoms with Crippen LogP contribution in [0.2, 0.25) is 0 Å². The molecule has 1 aliphatic rings. The largest absolute Gasteiger partial charge is 0.380 e. The molecule has 21 heavy (non-hydrogen) atoms. The van der Waals surface area contributed by atoms with Crippen molar-refractivity contribution in [3.05, 3.63) is 29.3 Å². The van der Waals surface area contributed by atoms with Crippen molar-refractivity contribution in [1.82, 2.24) is 4.90 Å². The van der Waals surface area contributed by atoms with E-state index in [1.165, 1.54) is 6.92 Å². The number of nitriles is 1. The second-order valence-corrected chi connectivity index (χ2v) is 5.39. The number of benzene rings is 1. The maximum absolute atomic E-state index is 11.5. The van der Waals surface area contributed by atoms with Crippen molar-refractivity contribution in [2.24, 2.45) is 0 Å². The maximum Gasteiger partial charge on any atom is 0.159 e. The van der Waals surface area contributed by atoms with E-state index in [-0.39, 0.29) is 11.8 Å². The van der Waals surface area contributed by atoms with Crippen molar-refractivity contribution in [3.63, 3.8) is 0 Å². The zero-order valence-corrected chi connectivity index (χ0v) is 12.6. The molecule has 1 aliphatic heterocycles.